The number of hydrogen-bond acceptors (Lipinski definition) is 3. The molecule has 0 saturated carbocycles. The summed E-state index contributed by atoms with van der Waals surface area (Å²) in [6, 6.07) is 14.0. The van der Waals surface area contributed by atoms with Crippen LogP contribution in [-0.4, -0.2) is 18.2 Å². The maximum atomic E-state index is 11.8. The quantitative estimate of drug-likeness (QED) is 0.465. The average Bonchev–Trinajstić information content (AvgIpc) is 2.60. The van der Waals surface area contributed by atoms with Gasteiger partial charge in [0.1, 0.15) is 11.4 Å². The van der Waals surface area contributed by atoms with E-state index in [2.05, 4.69) is 58.9 Å². The van der Waals surface area contributed by atoms with E-state index in [1.54, 1.807) is 0 Å². The molecule has 0 spiro atoms. The molecule has 2 aromatic carbocycles. The van der Waals surface area contributed by atoms with Crippen LogP contribution in [0.4, 0.5) is 0 Å². The molecule has 0 amide bonds. The van der Waals surface area contributed by atoms with Crippen molar-refractivity contribution in [2.75, 3.05) is 6.61 Å². The Hall–Kier alpha value is -2.55. The highest BCUT2D eigenvalue weighted by atomic mass is 16.5. The third kappa shape index (κ3) is 4.30. The fourth-order valence-corrected chi connectivity index (χ4v) is 4.15. The minimum absolute atomic E-state index is 0.0641. The Kier molecular flexibility index (Phi) is 5.38. The first kappa shape index (κ1) is 20.2. The lowest BCUT2D eigenvalue weighted by Gasteiger charge is -2.42. The lowest BCUT2D eigenvalue weighted by atomic mass is 9.73. The van der Waals surface area contributed by atoms with E-state index >= 15 is 0 Å². The van der Waals surface area contributed by atoms with Crippen LogP contribution in [0.3, 0.4) is 0 Å². The molecular weight excluding hydrogens is 348 g/mol. The highest BCUT2D eigenvalue weighted by molar-refractivity contribution is 5.90. The second-order valence-electron chi connectivity index (χ2n) is 8.80. The molecule has 0 atom stereocenters. The Balaban J connectivity index is 1.87. The van der Waals surface area contributed by atoms with Crippen LogP contribution >= 0.6 is 0 Å². The molecule has 1 heterocycles. The first-order valence-corrected chi connectivity index (χ1v) is 9.91. The lowest BCUT2D eigenvalue weighted by molar-refractivity contribution is 0.0522. The number of fused-ring (bicyclic) bond motifs is 1. The van der Waals surface area contributed by atoms with E-state index in [1.165, 1.54) is 16.7 Å². The second kappa shape index (κ2) is 7.46. The van der Waals surface area contributed by atoms with Crippen molar-refractivity contribution in [3.05, 3.63) is 64.7 Å². The Bertz CT molecular complexity index is 902. The number of carbonyl (C=O) groups excluding carboxylic acids is 1. The van der Waals surface area contributed by atoms with E-state index < -0.39 is 0 Å². The summed E-state index contributed by atoms with van der Waals surface area (Å²) in [6.45, 7) is 13.2. The lowest BCUT2D eigenvalue weighted by Crippen LogP contribution is -2.41. The zero-order chi connectivity index (χ0) is 20.5. The van der Waals surface area contributed by atoms with Gasteiger partial charge in [0.25, 0.3) is 0 Å². The number of carbonyl (C=O) groups is 1. The van der Waals surface area contributed by atoms with E-state index in [4.69, 9.17) is 9.47 Å². The van der Waals surface area contributed by atoms with Crippen molar-refractivity contribution in [2.45, 2.75) is 59.0 Å². The predicted octanol–water partition coefficient (Wildman–Crippen LogP) is 6.26. The second-order valence-corrected chi connectivity index (χ2v) is 8.80. The van der Waals surface area contributed by atoms with Crippen molar-refractivity contribution in [1.82, 2.24) is 0 Å². The maximum Gasteiger partial charge on any atom is 0.338 e. The van der Waals surface area contributed by atoms with E-state index in [9.17, 15) is 4.79 Å². The van der Waals surface area contributed by atoms with Crippen molar-refractivity contribution in [3.63, 3.8) is 0 Å². The Morgan fingerprint density at radius 1 is 1.07 bits per heavy atom. The van der Waals surface area contributed by atoms with E-state index in [0.29, 0.717) is 12.2 Å². The molecule has 0 fully saturated rings. The Morgan fingerprint density at radius 3 is 2.36 bits per heavy atom. The average molecular weight is 379 g/mol. The van der Waals surface area contributed by atoms with Gasteiger partial charge in [-0.1, -0.05) is 38.1 Å². The first-order chi connectivity index (χ1) is 13.1. The molecule has 1 aliphatic rings. The van der Waals surface area contributed by atoms with Gasteiger partial charge >= 0.3 is 5.97 Å². The van der Waals surface area contributed by atoms with Crippen molar-refractivity contribution in [1.29, 1.82) is 0 Å². The molecule has 3 rings (SSSR count). The van der Waals surface area contributed by atoms with Crippen LogP contribution in [0.2, 0.25) is 0 Å². The largest absolute Gasteiger partial charge is 0.488 e. The number of esters is 1. The van der Waals surface area contributed by atoms with Gasteiger partial charge in [-0.25, -0.2) is 4.79 Å². The molecule has 148 valence electrons. The molecule has 3 nitrogen and oxygen atoms in total. The molecule has 0 N–H and O–H groups in total. The smallest absolute Gasteiger partial charge is 0.338 e. The molecule has 0 saturated heterocycles. The Morgan fingerprint density at radius 2 is 1.71 bits per heavy atom. The number of ether oxygens (including phenoxy) is 2. The van der Waals surface area contributed by atoms with Gasteiger partial charge in [-0.15, -0.1) is 0 Å². The summed E-state index contributed by atoms with van der Waals surface area (Å²) < 4.78 is 11.2. The minimum Gasteiger partial charge on any atom is -0.488 e. The molecule has 1 aliphatic heterocycles. The van der Waals surface area contributed by atoms with Gasteiger partial charge < -0.3 is 9.47 Å². The van der Waals surface area contributed by atoms with Crippen LogP contribution in [0.5, 0.6) is 5.75 Å². The first-order valence-electron chi connectivity index (χ1n) is 9.91. The van der Waals surface area contributed by atoms with Crippen LogP contribution in [0, 0.1) is 0 Å². The van der Waals surface area contributed by atoms with Gasteiger partial charge in [0, 0.05) is 5.56 Å². The van der Waals surface area contributed by atoms with Crippen molar-refractivity contribution < 1.29 is 14.3 Å². The van der Waals surface area contributed by atoms with Gasteiger partial charge in [-0.2, -0.15) is 0 Å². The van der Waals surface area contributed by atoms with Crippen molar-refractivity contribution in [3.8, 4) is 5.75 Å². The monoisotopic (exact) mass is 378 g/mol. The van der Waals surface area contributed by atoms with Gasteiger partial charge in [0.05, 0.1) is 12.2 Å². The number of hydrogen-bond donors (Lipinski definition) is 0. The Labute approximate surface area is 168 Å². The highest BCUT2D eigenvalue weighted by Crippen LogP contribution is 2.45. The van der Waals surface area contributed by atoms with Crippen LogP contribution in [0.25, 0.3) is 11.6 Å². The minimum atomic E-state index is -0.283. The fourth-order valence-electron chi connectivity index (χ4n) is 4.15. The topological polar surface area (TPSA) is 35.5 Å². The molecule has 3 heteroatoms. The third-order valence-corrected chi connectivity index (χ3v) is 5.22. The van der Waals surface area contributed by atoms with Gasteiger partial charge in [-0.3, -0.25) is 0 Å². The van der Waals surface area contributed by atoms with Crippen molar-refractivity contribution >= 4 is 17.6 Å². The van der Waals surface area contributed by atoms with Crippen LogP contribution in [-0.2, 0) is 10.2 Å². The predicted molar refractivity (Wildman–Crippen MR) is 115 cm³/mol. The summed E-state index contributed by atoms with van der Waals surface area (Å²) in [5, 5.41) is 0. The molecule has 2 aromatic rings. The molecule has 0 unspecified atom stereocenters. The van der Waals surface area contributed by atoms with Gasteiger partial charge in [0.2, 0.25) is 0 Å². The number of rotatable bonds is 4. The number of benzene rings is 2. The van der Waals surface area contributed by atoms with Crippen molar-refractivity contribution in [2.24, 2.45) is 0 Å². The zero-order valence-corrected chi connectivity index (χ0v) is 17.8. The SMILES string of the molecule is CCOC(=O)c1ccc(C=C(C)c2ccc3c(c2)C(C)(C)CC(C)(C)O3)cc1. The summed E-state index contributed by atoms with van der Waals surface area (Å²) in [7, 11) is 0. The van der Waals surface area contributed by atoms with Crippen LogP contribution in [0.15, 0.2) is 42.5 Å². The molecular formula is C25H30O3. The maximum absolute atomic E-state index is 11.8. The summed E-state index contributed by atoms with van der Waals surface area (Å²) in [4.78, 5) is 11.8. The summed E-state index contributed by atoms with van der Waals surface area (Å²) in [5.41, 5.74) is 5.16. The van der Waals surface area contributed by atoms with Gasteiger partial charge in [-0.05, 0) is 80.5 Å². The van der Waals surface area contributed by atoms with Gasteiger partial charge in [0.15, 0.2) is 0 Å². The molecule has 0 aromatic heterocycles. The molecule has 0 bridgehead atoms. The molecule has 0 radical (unpaired) electrons. The fraction of sp³-hybridized carbons (Fsp3) is 0.400. The van der Waals surface area contributed by atoms with E-state index in [1.807, 2.05) is 31.2 Å². The highest BCUT2D eigenvalue weighted by Gasteiger charge is 2.38. The zero-order valence-electron chi connectivity index (χ0n) is 17.8. The standard InChI is InChI=1S/C25H30O3/c1-7-27-23(26)19-10-8-18(9-11-19)14-17(2)20-12-13-22-21(15-20)24(3,4)16-25(5,6)28-22/h8-15H,7,16H2,1-6H3. The van der Waals surface area contributed by atoms with E-state index in [0.717, 1.165) is 17.7 Å². The third-order valence-electron chi connectivity index (χ3n) is 5.22. The summed E-state index contributed by atoms with van der Waals surface area (Å²) in [5.74, 6) is 0.700. The summed E-state index contributed by atoms with van der Waals surface area (Å²) >= 11 is 0. The normalized spacial score (nSPS) is 17.4. The van der Waals surface area contributed by atoms with E-state index in [-0.39, 0.29) is 17.0 Å². The van der Waals surface area contributed by atoms with Crippen LogP contribution < -0.4 is 4.74 Å². The molecule has 0 aliphatic carbocycles. The molecule has 28 heavy (non-hydrogen) atoms. The number of allylic oxidation sites excluding steroid dienone is 1. The summed E-state index contributed by atoms with van der Waals surface area (Å²) in [6.07, 6.45) is 3.12. The van der Waals surface area contributed by atoms with Crippen LogP contribution in [0.1, 0.15) is 75.0 Å².